The summed E-state index contributed by atoms with van der Waals surface area (Å²) >= 11 is 0. The van der Waals surface area contributed by atoms with E-state index in [4.69, 9.17) is 9.47 Å². The molecule has 0 bridgehead atoms. The van der Waals surface area contributed by atoms with Gasteiger partial charge in [-0.1, -0.05) is 0 Å². The average Bonchev–Trinajstić information content (AvgIpc) is 2.15. The fourth-order valence-corrected chi connectivity index (χ4v) is 1.34. The van der Waals surface area contributed by atoms with Crippen LogP contribution < -0.4 is 0 Å². The molecule has 13 heavy (non-hydrogen) atoms. The highest BCUT2D eigenvalue weighted by molar-refractivity contribution is 5.02. The number of hydrogen-bond acceptors (Lipinski definition) is 4. The standard InChI is InChI=1S/C8H13NO4/c1-12-6-13-8-5-3-2-4-7(8)9(10)11/h4,8H,2-3,5-6H2,1H3. The van der Waals surface area contributed by atoms with E-state index in [1.807, 2.05) is 0 Å². The Morgan fingerprint density at radius 3 is 3.15 bits per heavy atom. The molecule has 0 heterocycles. The van der Waals surface area contributed by atoms with Crippen molar-refractivity contribution < 1.29 is 14.4 Å². The van der Waals surface area contributed by atoms with Crippen LogP contribution in [0.25, 0.3) is 0 Å². The van der Waals surface area contributed by atoms with E-state index in [1.165, 1.54) is 7.11 Å². The summed E-state index contributed by atoms with van der Waals surface area (Å²) in [6.07, 6.45) is 3.64. The maximum atomic E-state index is 10.5. The van der Waals surface area contributed by atoms with Crippen molar-refractivity contribution in [3.05, 3.63) is 21.9 Å². The lowest BCUT2D eigenvalue weighted by Crippen LogP contribution is -2.24. The van der Waals surface area contributed by atoms with Crippen molar-refractivity contribution in [1.82, 2.24) is 0 Å². The Morgan fingerprint density at radius 2 is 2.54 bits per heavy atom. The fourth-order valence-electron chi connectivity index (χ4n) is 1.34. The molecule has 5 nitrogen and oxygen atoms in total. The van der Waals surface area contributed by atoms with Crippen molar-refractivity contribution in [2.45, 2.75) is 25.4 Å². The van der Waals surface area contributed by atoms with Crippen LogP contribution >= 0.6 is 0 Å². The van der Waals surface area contributed by atoms with Crippen LogP contribution in [0, 0.1) is 10.1 Å². The van der Waals surface area contributed by atoms with Gasteiger partial charge in [0.1, 0.15) is 6.79 Å². The molecule has 0 radical (unpaired) electrons. The highest BCUT2D eigenvalue weighted by Gasteiger charge is 2.27. The van der Waals surface area contributed by atoms with Crippen molar-refractivity contribution in [3.8, 4) is 0 Å². The Hall–Kier alpha value is -0.940. The molecule has 0 aromatic heterocycles. The summed E-state index contributed by atoms with van der Waals surface area (Å²) in [5.41, 5.74) is 0.170. The molecule has 1 rings (SSSR count). The maximum absolute atomic E-state index is 10.5. The number of nitro groups is 1. The van der Waals surface area contributed by atoms with Gasteiger partial charge in [0.05, 0.1) is 4.92 Å². The first-order chi connectivity index (χ1) is 6.25. The van der Waals surface area contributed by atoms with E-state index in [2.05, 4.69) is 0 Å². The zero-order chi connectivity index (χ0) is 9.68. The molecule has 0 saturated heterocycles. The number of allylic oxidation sites excluding steroid dienone is 1. The van der Waals surface area contributed by atoms with Crippen LogP contribution in [0.2, 0.25) is 0 Å². The van der Waals surface area contributed by atoms with Crippen molar-refractivity contribution in [2.75, 3.05) is 13.9 Å². The van der Waals surface area contributed by atoms with E-state index in [1.54, 1.807) is 6.08 Å². The van der Waals surface area contributed by atoms with Gasteiger partial charge in [-0.3, -0.25) is 10.1 Å². The lowest BCUT2D eigenvalue weighted by Gasteiger charge is -2.17. The Labute approximate surface area is 76.5 Å². The summed E-state index contributed by atoms with van der Waals surface area (Å²) in [4.78, 5) is 10.2. The van der Waals surface area contributed by atoms with Crippen molar-refractivity contribution in [1.29, 1.82) is 0 Å². The van der Waals surface area contributed by atoms with Crippen molar-refractivity contribution >= 4 is 0 Å². The van der Waals surface area contributed by atoms with E-state index >= 15 is 0 Å². The van der Waals surface area contributed by atoms with Crippen LogP contribution in [0.1, 0.15) is 19.3 Å². The predicted octanol–water partition coefficient (Wildman–Crippen LogP) is 1.32. The van der Waals surface area contributed by atoms with E-state index in [-0.39, 0.29) is 17.4 Å². The highest BCUT2D eigenvalue weighted by Crippen LogP contribution is 2.21. The largest absolute Gasteiger partial charge is 0.359 e. The molecular formula is C8H13NO4. The quantitative estimate of drug-likeness (QED) is 0.378. The van der Waals surface area contributed by atoms with Gasteiger partial charge in [-0.15, -0.1) is 0 Å². The Kier molecular flexibility index (Phi) is 3.85. The minimum Gasteiger partial charge on any atom is -0.359 e. The van der Waals surface area contributed by atoms with E-state index in [9.17, 15) is 10.1 Å². The summed E-state index contributed by atoms with van der Waals surface area (Å²) in [6, 6.07) is 0. The first-order valence-corrected chi connectivity index (χ1v) is 4.20. The molecule has 0 amide bonds. The van der Waals surface area contributed by atoms with Crippen molar-refractivity contribution in [2.24, 2.45) is 0 Å². The molecule has 0 aromatic carbocycles. The zero-order valence-corrected chi connectivity index (χ0v) is 7.56. The first-order valence-electron chi connectivity index (χ1n) is 4.20. The smallest absolute Gasteiger partial charge is 0.270 e. The van der Waals surface area contributed by atoms with Gasteiger partial charge in [0.15, 0.2) is 6.10 Å². The van der Waals surface area contributed by atoms with Gasteiger partial charge < -0.3 is 9.47 Å². The minimum absolute atomic E-state index is 0.107. The number of nitrogens with zero attached hydrogens (tertiary/aromatic N) is 1. The zero-order valence-electron chi connectivity index (χ0n) is 7.56. The third-order valence-electron chi connectivity index (χ3n) is 1.95. The molecule has 1 atom stereocenters. The maximum Gasteiger partial charge on any atom is 0.270 e. The van der Waals surface area contributed by atoms with Gasteiger partial charge in [-0.25, -0.2) is 0 Å². The van der Waals surface area contributed by atoms with Gasteiger partial charge >= 0.3 is 0 Å². The van der Waals surface area contributed by atoms with Gasteiger partial charge in [-0.05, 0) is 25.3 Å². The van der Waals surface area contributed by atoms with Crippen LogP contribution in [-0.2, 0) is 9.47 Å². The third-order valence-corrected chi connectivity index (χ3v) is 1.95. The molecular weight excluding hydrogens is 174 g/mol. The number of methoxy groups -OCH3 is 1. The van der Waals surface area contributed by atoms with E-state index < -0.39 is 6.10 Å². The molecule has 5 heteroatoms. The third kappa shape index (κ3) is 2.78. The van der Waals surface area contributed by atoms with Crippen LogP contribution in [-0.4, -0.2) is 24.9 Å². The lowest BCUT2D eigenvalue weighted by molar-refractivity contribution is -0.439. The predicted molar refractivity (Wildman–Crippen MR) is 45.7 cm³/mol. The van der Waals surface area contributed by atoms with Crippen LogP contribution in [0.4, 0.5) is 0 Å². The van der Waals surface area contributed by atoms with Crippen LogP contribution in [0.5, 0.6) is 0 Å². The summed E-state index contributed by atoms with van der Waals surface area (Å²) in [5.74, 6) is 0. The van der Waals surface area contributed by atoms with E-state index in [0.29, 0.717) is 6.42 Å². The average molecular weight is 187 g/mol. The number of hydrogen-bond donors (Lipinski definition) is 0. The highest BCUT2D eigenvalue weighted by atomic mass is 16.7. The monoisotopic (exact) mass is 187 g/mol. The molecule has 0 fully saturated rings. The second-order valence-corrected chi connectivity index (χ2v) is 2.88. The Bertz CT molecular complexity index is 214. The van der Waals surface area contributed by atoms with Crippen LogP contribution in [0.3, 0.4) is 0 Å². The van der Waals surface area contributed by atoms with Gasteiger partial charge in [-0.2, -0.15) is 0 Å². The first kappa shape index (κ1) is 10.1. The van der Waals surface area contributed by atoms with Gasteiger partial charge in [0.2, 0.25) is 0 Å². The van der Waals surface area contributed by atoms with Crippen LogP contribution in [0.15, 0.2) is 11.8 Å². The second kappa shape index (κ2) is 4.94. The van der Waals surface area contributed by atoms with E-state index in [0.717, 1.165) is 12.8 Å². The molecule has 0 N–H and O–H groups in total. The second-order valence-electron chi connectivity index (χ2n) is 2.88. The number of rotatable bonds is 4. The Balaban J connectivity index is 2.54. The molecule has 74 valence electrons. The van der Waals surface area contributed by atoms with Gasteiger partial charge in [0.25, 0.3) is 5.70 Å². The lowest BCUT2D eigenvalue weighted by atomic mass is 10.0. The SMILES string of the molecule is COCOC1CCCC=C1[N+](=O)[O-]. The van der Waals surface area contributed by atoms with Crippen molar-refractivity contribution in [3.63, 3.8) is 0 Å². The van der Waals surface area contributed by atoms with Gasteiger partial charge in [0, 0.05) is 7.11 Å². The molecule has 0 saturated carbocycles. The fraction of sp³-hybridized carbons (Fsp3) is 0.750. The summed E-state index contributed by atoms with van der Waals surface area (Å²) in [7, 11) is 1.50. The summed E-state index contributed by atoms with van der Waals surface area (Å²) in [6.45, 7) is 0.107. The molecule has 0 aliphatic heterocycles. The molecule has 1 unspecified atom stereocenters. The minimum atomic E-state index is -0.399. The molecule has 1 aliphatic carbocycles. The molecule has 0 spiro atoms. The molecule has 1 aliphatic rings. The Morgan fingerprint density at radius 1 is 1.77 bits per heavy atom. The summed E-state index contributed by atoms with van der Waals surface area (Å²) in [5, 5.41) is 10.5. The topological polar surface area (TPSA) is 61.6 Å². The summed E-state index contributed by atoms with van der Waals surface area (Å²) < 4.78 is 9.87. The molecule has 0 aromatic rings. The number of ether oxygens (including phenoxy) is 2. The normalized spacial score (nSPS) is 22.5.